The van der Waals surface area contributed by atoms with E-state index < -0.39 is 0 Å². The molecule has 2 N–H and O–H groups in total. The highest BCUT2D eigenvalue weighted by atomic mass is 16.5. The summed E-state index contributed by atoms with van der Waals surface area (Å²) in [5, 5.41) is 4.40. The molecule has 0 aliphatic carbocycles. The highest BCUT2D eigenvalue weighted by Crippen LogP contribution is 2.25. The van der Waals surface area contributed by atoms with Gasteiger partial charge in [0.15, 0.2) is 0 Å². The second kappa shape index (κ2) is 9.90. The second-order valence-corrected chi connectivity index (χ2v) is 8.31. The molecule has 2 heterocycles. The fraction of sp³-hybridized carbons (Fsp3) is 0.385. The molecule has 0 unspecified atom stereocenters. The lowest BCUT2D eigenvalue weighted by Gasteiger charge is -2.32. The average Bonchev–Trinajstić information content (AvgIpc) is 2.83. The third kappa shape index (κ3) is 4.96. The molecular formula is C26H31N3O3. The summed E-state index contributed by atoms with van der Waals surface area (Å²) in [5.41, 5.74) is 4.87. The van der Waals surface area contributed by atoms with Gasteiger partial charge in [0.1, 0.15) is 0 Å². The van der Waals surface area contributed by atoms with Gasteiger partial charge in [-0.25, -0.2) is 0 Å². The number of ether oxygens (including phenoxy) is 1. The van der Waals surface area contributed by atoms with E-state index in [2.05, 4.69) is 46.4 Å². The zero-order chi connectivity index (χ0) is 22.5. The fourth-order valence-electron chi connectivity index (χ4n) is 4.27. The number of carbonyl (C=O) groups is 1. The van der Waals surface area contributed by atoms with E-state index in [0.717, 1.165) is 54.6 Å². The van der Waals surface area contributed by atoms with Gasteiger partial charge in [0.05, 0.1) is 12.5 Å². The number of hydrogen-bond acceptors (Lipinski definition) is 5. The summed E-state index contributed by atoms with van der Waals surface area (Å²) >= 11 is 0. The molecule has 0 atom stereocenters. The molecule has 0 bridgehead atoms. The second-order valence-electron chi connectivity index (χ2n) is 8.31. The highest BCUT2D eigenvalue weighted by Gasteiger charge is 2.26. The zero-order valence-corrected chi connectivity index (χ0v) is 18.8. The highest BCUT2D eigenvalue weighted by molar-refractivity contribution is 5.79. The SMILES string of the molecule is CCOC(=O)C1CCN(c2ccc(NCc3cc4ccc(CC)cc4[nH]c3=O)cc2)CC1. The first-order chi connectivity index (χ1) is 15.6. The molecule has 0 saturated carbocycles. The molecule has 3 aromatic rings. The third-order valence-electron chi connectivity index (χ3n) is 6.23. The van der Waals surface area contributed by atoms with Gasteiger partial charge in [-0.1, -0.05) is 19.1 Å². The molecule has 2 aromatic carbocycles. The van der Waals surface area contributed by atoms with Crippen LogP contribution in [0.1, 0.15) is 37.8 Å². The van der Waals surface area contributed by atoms with Crippen molar-refractivity contribution in [2.45, 2.75) is 39.7 Å². The number of nitrogens with one attached hydrogen (secondary N) is 2. The van der Waals surface area contributed by atoms with Gasteiger partial charge in [0.2, 0.25) is 0 Å². The van der Waals surface area contributed by atoms with Crippen molar-refractivity contribution in [2.24, 2.45) is 5.92 Å². The lowest BCUT2D eigenvalue weighted by atomic mass is 9.96. The number of fused-ring (bicyclic) bond motifs is 1. The van der Waals surface area contributed by atoms with Crippen LogP contribution in [0.25, 0.3) is 10.9 Å². The summed E-state index contributed by atoms with van der Waals surface area (Å²) < 4.78 is 5.15. The van der Waals surface area contributed by atoms with Gasteiger partial charge in [-0.05, 0) is 73.5 Å². The van der Waals surface area contributed by atoms with Gasteiger partial charge >= 0.3 is 5.97 Å². The minimum atomic E-state index is -0.0684. The van der Waals surface area contributed by atoms with Gasteiger partial charge in [0, 0.05) is 42.1 Å². The number of piperidine rings is 1. The number of pyridine rings is 1. The summed E-state index contributed by atoms with van der Waals surface area (Å²) in [7, 11) is 0. The average molecular weight is 434 g/mol. The number of aromatic nitrogens is 1. The van der Waals surface area contributed by atoms with Crippen LogP contribution >= 0.6 is 0 Å². The maximum Gasteiger partial charge on any atom is 0.309 e. The van der Waals surface area contributed by atoms with Crippen LogP contribution in [0.15, 0.2) is 53.3 Å². The molecule has 1 aromatic heterocycles. The normalized spacial score (nSPS) is 14.5. The molecule has 1 fully saturated rings. The Kier molecular flexibility index (Phi) is 6.78. The standard InChI is InChI=1S/C26H31N3O3/c1-3-18-5-6-20-16-21(25(30)28-24(20)15-18)17-27-22-7-9-23(10-8-22)29-13-11-19(12-14-29)26(31)32-4-2/h5-10,15-16,19,27H,3-4,11-14,17H2,1-2H3,(H,28,30). The van der Waals surface area contributed by atoms with E-state index in [4.69, 9.17) is 4.74 Å². The van der Waals surface area contributed by atoms with Crippen molar-refractivity contribution in [3.63, 3.8) is 0 Å². The quantitative estimate of drug-likeness (QED) is 0.538. The van der Waals surface area contributed by atoms with Crippen molar-refractivity contribution in [1.82, 2.24) is 4.98 Å². The monoisotopic (exact) mass is 433 g/mol. The van der Waals surface area contributed by atoms with Gasteiger partial charge in [-0.3, -0.25) is 9.59 Å². The van der Waals surface area contributed by atoms with Crippen LogP contribution < -0.4 is 15.8 Å². The van der Waals surface area contributed by atoms with E-state index in [-0.39, 0.29) is 17.4 Å². The minimum Gasteiger partial charge on any atom is -0.466 e. The molecule has 0 amide bonds. The van der Waals surface area contributed by atoms with E-state index in [9.17, 15) is 9.59 Å². The molecule has 1 saturated heterocycles. The summed E-state index contributed by atoms with van der Waals surface area (Å²) in [5.74, 6) is -0.0538. The molecule has 0 radical (unpaired) electrons. The van der Waals surface area contributed by atoms with E-state index in [1.807, 2.05) is 31.2 Å². The van der Waals surface area contributed by atoms with E-state index in [0.29, 0.717) is 18.7 Å². The predicted octanol–water partition coefficient (Wildman–Crippen LogP) is 4.48. The lowest BCUT2D eigenvalue weighted by Crippen LogP contribution is -2.36. The number of H-pyrrole nitrogens is 1. The van der Waals surface area contributed by atoms with Gasteiger partial charge in [-0.2, -0.15) is 0 Å². The number of hydrogen-bond donors (Lipinski definition) is 2. The first-order valence-corrected chi connectivity index (χ1v) is 11.5. The smallest absolute Gasteiger partial charge is 0.309 e. The van der Waals surface area contributed by atoms with Crippen molar-refractivity contribution >= 4 is 28.2 Å². The summed E-state index contributed by atoms with van der Waals surface area (Å²) in [6.45, 7) is 6.56. The molecule has 0 spiro atoms. The number of aryl methyl sites for hydroxylation is 1. The fourth-order valence-corrected chi connectivity index (χ4v) is 4.27. The van der Waals surface area contributed by atoms with Crippen molar-refractivity contribution in [2.75, 3.05) is 29.9 Å². The Bertz CT molecular complexity index is 1130. The van der Waals surface area contributed by atoms with E-state index in [1.165, 1.54) is 5.56 Å². The number of aromatic amines is 1. The Morgan fingerprint density at radius 3 is 2.53 bits per heavy atom. The number of anilines is 2. The Morgan fingerprint density at radius 1 is 1.09 bits per heavy atom. The molecule has 168 valence electrons. The molecule has 6 nitrogen and oxygen atoms in total. The third-order valence-corrected chi connectivity index (χ3v) is 6.23. The number of esters is 1. The van der Waals surface area contributed by atoms with Gasteiger partial charge in [0.25, 0.3) is 5.56 Å². The predicted molar refractivity (Wildman–Crippen MR) is 129 cm³/mol. The van der Waals surface area contributed by atoms with Crippen LogP contribution in [0.4, 0.5) is 11.4 Å². The van der Waals surface area contributed by atoms with Crippen LogP contribution in [0, 0.1) is 5.92 Å². The summed E-state index contributed by atoms with van der Waals surface area (Å²) in [4.78, 5) is 29.7. The van der Waals surface area contributed by atoms with Crippen molar-refractivity contribution in [3.8, 4) is 0 Å². The molecule has 32 heavy (non-hydrogen) atoms. The van der Waals surface area contributed by atoms with Crippen LogP contribution in [-0.2, 0) is 22.5 Å². The molecule has 6 heteroatoms. The van der Waals surface area contributed by atoms with Gasteiger partial charge in [-0.15, -0.1) is 0 Å². The first-order valence-electron chi connectivity index (χ1n) is 11.5. The number of benzene rings is 2. The van der Waals surface area contributed by atoms with E-state index in [1.54, 1.807) is 0 Å². The maximum atomic E-state index is 12.5. The number of nitrogens with zero attached hydrogens (tertiary/aromatic N) is 1. The van der Waals surface area contributed by atoms with Crippen molar-refractivity contribution < 1.29 is 9.53 Å². The Labute approximate surface area is 188 Å². The summed E-state index contributed by atoms with van der Waals surface area (Å²) in [6.07, 6.45) is 2.59. The lowest BCUT2D eigenvalue weighted by molar-refractivity contribution is -0.148. The first kappa shape index (κ1) is 21.9. The Balaban J connectivity index is 1.36. The number of rotatable bonds is 7. The maximum absolute atomic E-state index is 12.5. The molecule has 1 aliphatic heterocycles. The van der Waals surface area contributed by atoms with Crippen molar-refractivity contribution in [1.29, 1.82) is 0 Å². The van der Waals surface area contributed by atoms with Gasteiger partial charge < -0.3 is 19.9 Å². The van der Waals surface area contributed by atoms with Crippen LogP contribution in [-0.4, -0.2) is 30.6 Å². The topological polar surface area (TPSA) is 74.4 Å². The number of carbonyl (C=O) groups excluding carboxylic acids is 1. The zero-order valence-electron chi connectivity index (χ0n) is 18.8. The van der Waals surface area contributed by atoms with Crippen LogP contribution in [0.3, 0.4) is 0 Å². The van der Waals surface area contributed by atoms with Crippen LogP contribution in [0.5, 0.6) is 0 Å². The minimum absolute atomic E-state index is 0.0146. The Morgan fingerprint density at radius 2 is 1.84 bits per heavy atom. The largest absolute Gasteiger partial charge is 0.466 e. The van der Waals surface area contributed by atoms with Crippen molar-refractivity contribution in [3.05, 3.63) is 70.0 Å². The molecular weight excluding hydrogens is 402 g/mol. The molecule has 4 rings (SSSR count). The Hall–Kier alpha value is -3.28. The van der Waals surface area contributed by atoms with E-state index >= 15 is 0 Å². The van der Waals surface area contributed by atoms with Crippen LogP contribution in [0.2, 0.25) is 0 Å². The molecule has 1 aliphatic rings. The summed E-state index contributed by atoms with van der Waals surface area (Å²) in [6, 6.07) is 16.4.